The van der Waals surface area contributed by atoms with Crippen molar-refractivity contribution in [1.82, 2.24) is 5.32 Å². The molecule has 3 aromatic rings. The van der Waals surface area contributed by atoms with Crippen molar-refractivity contribution in [2.75, 3.05) is 11.9 Å². The van der Waals surface area contributed by atoms with Crippen LogP contribution in [0.2, 0.25) is 0 Å². The number of dihydropyridines is 1. The SMILES string of the molecule is CCOc1ccc(C2C(C(=O)Nc3ccccc3F)=C(C)NC3=C2C(=O)CC(c2ccccc2)C3)cc1. The maximum Gasteiger partial charge on any atom is 0.254 e. The Morgan fingerprint density at radius 3 is 2.38 bits per heavy atom. The van der Waals surface area contributed by atoms with E-state index in [0.29, 0.717) is 42.0 Å². The molecular formula is C31H29FN2O3. The number of allylic oxidation sites excluding steroid dienone is 3. The molecule has 0 saturated carbocycles. The fourth-order valence-corrected chi connectivity index (χ4v) is 5.31. The molecule has 37 heavy (non-hydrogen) atoms. The lowest BCUT2D eigenvalue weighted by Crippen LogP contribution is -2.37. The summed E-state index contributed by atoms with van der Waals surface area (Å²) >= 11 is 0. The second-order valence-electron chi connectivity index (χ2n) is 9.36. The summed E-state index contributed by atoms with van der Waals surface area (Å²) in [4.78, 5) is 27.3. The first-order valence-electron chi connectivity index (χ1n) is 12.5. The number of carbonyl (C=O) groups excluding carboxylic acids is 2. The zero-order valence-corrected chi connectivity index (χ0v) is 20.9. The highest BCUT2D eigenvalue weighted by atomic mass is 19.1. The average molecular weight is 497 g/mol. The predicted molar refractivity (Wildman–Crippen MR) is 142 cm³/mol. The molecule has 6 heteroatoms. The van der Waals surface area contributed by atoms with Crippen molar-refractivity contribution in [2.45, 2.75) is 38.5 Å². The molecule has 0 saturated heterocycles. The van der Waals surface area contributed by atoms with E-state index in [2.05, 4.69) is 10.6 Å². The topological polar surface area (TPSA) is 67.4 Å². The molecule has 1 amide bonds. The molecule has 188 valence electrons. The molecule has 0 aromatic heterocycles. The van der Waals surface area contributed by atoms with Crippen molar-refractivity contribution < 1.29 is 18.7 Å². The summed E-state index contributed by atoms with van der Waals surface area (Å²) in [7, 11) is 0. The minimum absolute atomic E-state index is 0.00480. The van der Waals surface area contributed by atoms with Crippen molar-refractivity contribution in [2.24, 2.45) is 0 Å². The Balaban J connectivity index is 1.56. The third kappa shape index (κ3) is 4.92. The van der Waals surface area contributed by atoms with Crippen LogP contribution in [0.1, 0.15) is 49.7 Å². The lowest BCUT2D eigenvalue weighted by atomic mass is 9.71. The zero-order valence-electron chi connectivity index (χ0n) is 20.9. The zero-order chi connectivity index (χ0) is 25.9. The Morgan fingerprint density at radius 1 is 0.973 bits per heavy atom. The number of ketones is 1. The second kappa shape index (κ2) is 10.4. The van der Waals surface area contributed by atoms with E-state index in [9.17, 15) is 14.0 Å². The largest absolute Gasteiger partial charge is 0.494 e. The molecule has 2 atom stereocenters. The third-order valence-corrected chi connectivity index (χ3v) is 6.99. The van der Waals surface area contributed by atoms with E-state index in [1.807, 2.05) is 68.4 Å². The van der Waals surface area contributed by atoms with Crippen molar-refractivity contribution in [1.29, 1.82) is 0 Å². The molecule has 0 fully saturated rings. The van der Waals surface area contributed by atoms with Gasteiger partial charge < -0.3 is 15.4 Å². The monoisotopic (exact) mass is 496 g/mol. The third-order valence-electron chi connectivity index (χ3n) is 6.99. The lowest BCUT2D eigenvalue weighted by molar-refractivity contribution is -0.116. The van der Waals surface area contributed by atoms with E-state index in [-0.39, 0.29) is 17.4 Å². The van der Waals surface area contributed by atoms with Crippen molar-refractivity contribution in [3.05, 3.63) is 118 Å². The molecular weight excluding hydrogens is 467 g/mol. The van der Waals surface area contributed by atoms with E-state index in [0.717, 1.165) is 16.8 Å². The van der Waals surface area contributed by atoms with E-state index >= 15 is 0 Å². The quantitative estimate of drug-likeness (QED) is 0.425. The van der Waals surface area contributed by atoms with Gasteiger partial charge in [-0.2, -0.15) is 0 Å². The van der Waals surface area contributed by atoms with Gasteiger partial charge in [-0.25, -0.2) is 4.39 Å². The number of benzene rings is 3. The number of Topliss-reactive ketones (excluding diaryl/α,β-unsaturated/α-hetero) is 1. The molecule has 1 aliphatic heterocycles. The predicted octanol–water partition coefficient (Wildman–Crippen LogP) is 6.22. The van der Waals surface area contributed by atoms with Crippen LogP contribution >= 0.6 is 0 Å². The Labute approximate surface area is 216 Å². The van der Waals surface area contributed by atoms with Gasteiger partial charge in [0.1, 0.15) is 11.6 Å². The van der Waals surface area contributed by atoms with Gasteiger partial charge >= 0.3 is 0 Å². The van der Waals surface area contributed by atoms with Crippen LogP contribution in [0.3, 0.4) is 0 Å². The van der Waals surface area contributed by atoms with Gasteiger partial charge in [0.15, 0.2) is 5.78 Å². The number of para-hydroxylation sites is 1. The van der Waals surface area contributed by atoms with Gasteiger partial charge in [-0.15, -0.1) is 0 Å². The van der Waals surface area contributed by atoms with Crippen LogP contribution in [0.15, 0.2) is 101 Å². The minimum Gasteiger partial charge on any atom is -0.494 e. The van der Waals surface area contributed by atoms with E-state index in [1.54, 1.807) is 12.1 Å². The van der Waals surface area contributed by atoms with Crippen LogP contribution < -0.4 is 15.4 Å². The number of rotatable bonds is 6. The minimum atomic E-state index is -0.581. The van der Waals surface area contributed by atoms with Gasteiger partial charge in [0.05, 0.1) is 12.3 Å². The lowest BCUT2D eigenvalue weighted by Gasteiger charge is -2.37. The van der Waals surface area contributed by atoms with Gasteiger partial charge in [0.2, 0.25) is 0 Å². The first-order chi connectivity index (χ1) is 18.0. The van der Waals surface area contributed by atoms with Crippen LogP contribution in [0.4, 0.5) is 10.1 Å². The molecule has 5 nitrogen and oxygen atoms in total. The standard InChI is InChI=1S/C31H29FN2O3/c1-3-37-23-15-13-21(14-16-23)29-28(31(36)34-25-12-8-7-11-24(25)32)19(2)33-26-17-22(18-27(35)30(26)29)20-9-5-4-6-10-20/h4-16,22,29,33H,3,17-18H2,1-2H3,(H,34,36). The van der Waals surface area contributed by atoms with Gasteiger partial charge in [-0.05, 0) is 61.6 Å². The smallest absolute Gasteiger partial charge is 0.254 e. The number of hydrogen-bond donors (Lipinski definition) is 2. The first-order valence-corrected chi connectivity index (χ1v) is 12.5. The van der Waals surface area contributed by atoms with Crippen molar-refractivity contribution in [3.8, 4) is 5.75 Å². The Morgan fingerprint density at radius 2 is 1.68 bits per heavy atom. The van der Waals surface area contributed by atoms with Crippen LogP contribution in [-0.2, 0) is 9.59 Å². The van der Waals surface area contributed by atoms with Gasteiger partial charge in [-0.3, -0.25) is 9.59 Å². The highest BCUT2D eigenvalue weighted by molar-refractivity contribution is 6.10. The number of hydrogen-bond acceptors (Lipinski definition) is 4. The summed E-state index contributed by atoms with van der Waals surface area (Å²) in [5.74, 6) is -0.768. The molecule has 0 spiro atoms. The fourth-order valence-electron chi connectivity index (χ4n) is 5.31. The number of anilines is 1. The molecule has 5 rings (SSSR count). The molecule has 2 N–H and O–H groups in total. The van der Waals surface area contributed by atoms with Crippen molar-refractivity contribution in [3.63, 3.8) is 0 Å². The summed E-state index contributed by atoms with van der Waals surface area (Å²) in [5.41, 5.74) is 4.50. The highest BCUT2D eigenvalue weighted by Gasteiger charge is 2.41. The Kier molecular flexibility index (Phi) is 6.91. The van der Waals surface area contributed by atoms with Gasteiger partial charge in [0, 0.05) is 34.9 Å². The summed E-state index contributed by atoms with van der Waals surface area (Å²) in [6.07, 6.45) is 1.03. The normalized spacial score (nSPS) is 19.3. The van der Waals surface area contributed by atoms with Gasteiger partial charge in [0.25, 0.3) is 5.91 Å². The number of amides is 1. The molecule has 1 heterocycles. The fraction of sp³-hybridized carbons (Fsp3) is 0.226. The number of halogens is 1. The summed E-state index contributed by atoms with van der Waals surface area (Å²) < 4.78 is 20.0. The number of nitrogens with one attached hydrogen (secondary N) is 2. The molecule has 0 radical (unpaired) electrons. The Hall–Kier alpha value is -4.19. The molecule has 1 aliphatic carbocycles. The molecule has 2 aliphatic rings. The molecule has 3 aromatic carbocycles. The first kappa shape index (κ1) is 24.5. The summed E-state index contributed by atoms with van der Waals surface area (Å²) in [6.45, 7) is 4.29. The maximum absolute atomic E-state index is 14.4. The highest BCUT2D eigenvalue weighted by Crippen LogP contribution is 2.46. The number of carbonyl (C=O) groups is 2. The molecule has 2 unspecified atom stereocenters. The van der Waals surface area contributed by atoms with Crippen LogP contribution in [0, 0.1) is 5.82 Å². The van der Waals surface area contributed by atoms with Crippen molar-refractivity contribution >= 4 is 17.4 Å². The summed E-state index contributed by atoms with van der Waals surface area (Å²) in [5, 5.41) is 6.09. The van der Waals surface area contributed by atoms with E-state index in [1.165, 1.54) is 12.1 Å². The van der Waals surface area contributed by atoms with Crippen LogP contribution in [-0.4, -0.2) is 18.3 Å². The van der Waals surface area contributed by atoms with Gasteiger partial charge in [-0.1, -0.05) is 54.6 Å². The summed E-state index contributed by atoms with van der Waals surface area (Å²) in [6, 6.07) is 23.6. The average Bonchev–Trinajstić information content (AvgIpc) is 2.90. The van der Waals surface area contributed by atoms with E-state index < -0.39 is 17.6 Å². The van der Waals surface area contributed by atoms with E-state index in [4.69, 9.17) is 4.74 Å². The Bertz CT molecular complexity index is 1390. The number of ether oxygens (including phenoxy) is 1. The van der Waals surface area contributed by atoms with Crippen LogP contribution in [0.5, 0.6) is 5.75 Å². The second-order valence-corrected chi connectivity index (χ2v) is 9.36. The maximum atomic E-state index is 14.4. The molecule has 0 bridgehead atoms. The van der Waals surface area contributed by atoms with Crippen LogP contribution in [0.25, 0.3) is 0 Å².